The normalized spacial score (nSPS) is 10.8. The van der Waals surface area contributed by atoms with Crippen LogP contribution in [-0.2, 0) is 0 Å². The maximum absolute atomic E-state index is 9.81. The first-order valence-electron chi connectivity index (χ1n) is 7.57. The fraction of sp³-hybridized carbons (Fsp3) is 0.0500. The van der Waals surface area contributed by atoms with Crippen molar-refractivity contribution in [1.29, 1.82) is 5.26 Å². The highest BCUT2D eigenvalue weighted by molar-refractivity contribution is 7.08. The van der Waals surface area contributed by atoms with Crippen molar-refractivity contribution in [3.8, 4) is 28.8 Å². The number of hydrogen-bond donors (Lipinski definition) is 1. The van der Waals surface area contributed by atoms with Crippen molar-refractivity contribution in [1.82, 2.24) is 4.57 Å². The van der Waals surface area contributed by atoms with Crippen LogP contribution in [0.5, 0.6) is 5.75 Å². The molecule has 4 heteroatoms. The molecule has 0 bridgehead atoms. The van der Waals surface area contributed by atoms with Crippen molar-refractivity contribution in [2.75, 3.05) is 0 Å². The molecule has 0 fully saturated rings. The predicted octanol–water partition coefficient (Wildman–Crippen LogP) is 5.24. The first kappa shape index (κ1) is 14.6. The fourth-order valence-corrected chi connectivity index (χ4v) is 3.91. The molecule has 0 aliphatic rings. The molecule has 0 radical (unpaired) electrons. The lowest BCUT2D eigenvalue weighted by molar-refractivity contribution is 0.475. The molecule has 24 heavy (non-hydrogen) atoms. The monoisotopic (exact) mass is 330 g/mol. The molecule has 0 aliphatic heterocycles. The number of nitriles is 1. The minimum absolute atomic E-state index is 0.226. The van der Waals surface area contributed by atoms with Gasteiger partial charge in [0, 0.05) is 22.0 Å². The zero-order valence-corrected chi connectivity index (χ0v) is 13.8. The van der Waals surface area contributed by atoms with Crippen LogP contribution >= 0.6 is 11.3 Å². The van der Waals surface area contributed by atoms with E-state index in [4.69, 9.17) is 0 Å². The number of benzene rings is 2. The van der Waals surface area contributed by atoms with E-state index in [1.54, 1.807) is 23.5 Å². The number of phenolic OH excluding ortho intramolecular Hbond substituents is 1. The molecular formula is C20H14N2OS. The second kappa shape index (κ2) is 5.55. The van der Waals surface area contributed by atoms with Crippen LogP contribution in [0.4, 0.5) is 0 Å². The van der Waals surface area contributed by atoms with E-state index in [0.29, 0.717) is 5.56 Å². The SMILES string of the molecule is Cc1cscc1-c1c(C#N)c2ccccc2n1-c1ccc(O)cc1. The zero-order chi connectivity index (χ0) is 16.7. The van der Waals surface area contributed by atoms with E-state index in [9.17, 15) is 10.4 Å². The van der Waals surface area contributed by atoms with E-state index >= 15 is 0 Å². The molecule has 2 aromatic heterocycles. The second-order valence-electron chi connectivity index (χ2n) is 5.67. The van der Waals surface area contributed by atoms with Crippen molar-refractivity contribution in [2.45, 2.75) is 6.92 Å². The Morgan fingerprint density at radius 1 is 1.04 bits per heavy atom. The standard InChI is InChI=1S/C20H14N2OS/c1-13-11-24-12-18(13)20-17(10-21)16-4-2-3-5-19(16)22(20)14-6-8-15(23)9-7-14/h2-9,11-12,23H,1H3. The van der Waals surface area contributed by atoms with Crippen LogP contribution in [0.1, 0.15) is 11.1 Å². The molecule has 0 saturated heterocycles. The van der Waals surface area contributed by atoms with Gasteiger partial charge < -0.3 is 9.67 Å². The molecule has 0 saturated carbocycles. The van der Waals surface area contributed by atoms with Gasteiger partial charge in [0.05, 0.1) is 16.8 Å². The fourth-order valence-electron chi connectivity index (χ4n) is 3.08. The Morgan fingerprint density at radius 2 is 1.79 bits per heavy atom. The Kier molecular flexibility index (Phi) is 3.37. The smallest absolute Gasteiger partial charge is 0.115 e. The van der Waals surface area contributed by atoms with Gasteiger partial charge in [-0.15, -0.1) is 0 Å². The molecule has 2 aromatic carbocycles. The van der Waals surface area contributed by atoms with Gasteiger partial charge in [0.1, 0.15) is 11.8 Å². The van der Waals surface area contributed by atoms with Crippen LogP contribution in [0.3, 0.4) is 0 Å². The quantitative estimate of drug-likeness (QED) is 0.546. The summed E-state index contributed by atoms with van der Waals surface area (Å²) in [6.45, 7) is 2.06. The van der Waals surface area contributed by atoms with Gasteiger partial charge in [-0.25, -0.2) is 0 Å². The molecule has 4 rings (SSSR count). The third-order valence-corrected chi connectivity index (χ3v) is 5.07. The number of thiophene rings is 1. The molecule has 0 spiro atoms. The van der Waals surface area contributed by atoms with E-state index in [2.05, 4.69) is 28.3 Å². The first-order valence-corrected chi connectivity index (χ1v) is 8.51. The summed E-state index contributed by atoms with van der Waals surface area (Å²) in [5, 5.41) is 24.5. The van der Waals surface area contributed by atoms with Gasteiger partial charge >= 0.3 is 0 Å². The largest absolute Gasteiger partial charge is 0.508 e. The average Bonchev–Trinajstić information content (AvgIpc) is 3.16. The lowest BCUT2D eigenvalue weighted by Gasteiger charge is -2.11. The molecule has 0 atom stereocenters. The summed E-state index contributed by atoms with van der Waals surface area (Å²) < 4.78 is 2.10. The van der Waals surface area contributed by atoms with Gasteiger partial charge in [-0.05, 0) is 48.2 Å². The van der Waals surface area contributed by atoms with Crippen LogP contribution in [0.15, 0.2) is 59.3 Å². The zero-order valence-electron chi connectivity index (χ0n) is 13.0. The summed E-state index contributed by atoms with van der Waals surface area (Å²) in [7, 11) is 0. The first-order chi connectivity index (χ1) is 11.7. The van der Waals surface area contributed by atoms with Crippen molar-refractivity contribution in [3.05, 3.63) is 70.4 Å². The van der Waals surface area contributed by atoms with Gasteiger partial charge in [-0.2, -0.15) is 16.6 Å². The van der Waals surface area contributed by atoms with Gasteiger partial charge in [-0.3, -0.25) is 0 Å². The number of aromatic hydroxyl groups is 1. The number of hydrogen-bond acceptors (Lipinski definition) is 3. The highest BCUT2D eigenvalue weighted by atomic mass is 32.1. The molecule has 2 heterocycles. The van der Waals surface area contributed by atoms with Crippen LogP contribution in [0.25, 0.3) is 27.8 Å². The Balaban J connectivity index is 2.17. The summed E-state index contributed by atoms with van der Waals surface area (Å²) in [5.41, 5.74) is 5.72. The number of fused-ring (bicyclic) bond motifs is 1. The van der Waals surface area contributed by atoms with Gasteiger partial charge in [-0.1, -0.05) is 18.2 Å². The summed E-state index contributed by atoms with van der Waals surface area (Å²) in [5.74, 6) is 0.226. The van der Waals surface area contributed by atoms with Crippen molar-refractivity contribution in [2.24, 2.45) is 0 Å². The van der Waals surface area contributed by atoms with Crippen LogP contribution in [-0.4, -0.2) is 9.67 Å². The van der Waals surface area contributed by atoms with Gasteiger partial charge in [0.25, 0.3) is 0 Å². The lowest BCUT2D eigenvalue weighted by atomic mass is 10.1. The maximum atomic E-state index is 9.81. The Morgan fingerprint density at radius 3 is 2.46 bits per heavy atom. The highest BCUT2D eigenvalue weighted by Crippen LogP contribution is 2.38. The van der Waals surface area contributed by atoms with E-state index < -0.39 is 0 Å². The van der Waals surface area contributed by atoms with Crippen LogP contribution in [0.2, 0.25) is 0 Å². The molecule has 0 unspecified atom stereocenters. The molecule has 1 N–H and O–H groups in total. The third kappa shape index (κ3) is 2.10. The molecule has 0 aliphatic carbocycles. The van der Waals surface area contributed by atoms with Crippen molar-refractivity contribution >= 4 is 22.2 Å². The van der Waals surface area contributed by atoms with E-state index in [1.165, 1.54) is 0 Å². The third-order valence-electron chi connectivity index (χ3n) is 4.21. The van der Waals surface area contributed by atoms with Crippen LogP contribution < -0.4 is 0 Å². The Bertz CT molecular complexity index is 1080. The predicted molar refractivity (Wildman–Crippen MR) is 97.7 cm³/mol. The maximum Gasteiger partial charge on any atom is 0.115 e. The minimum Gasteiger partial charge on any atom is -0.508 e. The Hall–Kier alpha value is -3.03. The highest BCUT2D eigenvalue weighted by Gasteiger charge is 2.21. The van der Waals surface area contributed by atoms with E-state index in [-0.39, 0.29) is 5.75 Å². The second-order valence-corrected chi connectivity index (χ2v) is 6.42. The number of aryl methyl sites for hydroxylation is 1. The number of rotatable bonds is 2. The average molecular weight is 330 g/mol. The van der Waals surface area contributed by atoms with Crippen molar-refractivity contribution < 1.29 is 5.11 Å². The minimum atomic E-state index is 0.226. The van der Waals surface area contributed by atoms with E-state index in [0.717, 1.165) is 33.4 Å². The molecule has 4 aromatic rings. The van der Waals surface area contributed by atoms with Crippen LogP contribution in [0, 0.1) is 18.3 Å². The summed E-state index contributed by atoms with van der Waals surface area (Å²) in [6.07, 6.45) is 0. The topological polar surface area (TPSA) is 49.0 Å². The summed E-state index contributed by atoms with van der Waals surface area (Å²) in [4.78, 5) is 0. The molecule has 3 nitrogen and oxygen atoms in total. The number of phenols is 1. The number of para-hydroxylation sites is 1. The molecule has 0 amide bonds. The number of aromatic nitrogens is 1. The summed E-state index contributed by atoms with van der Waals surface area (Å²) >= 11 is 1.63. The number of nitrogens with zero attached hydrogens (tertiary/aromatic N) is 2. The molecular weight excluding hydrogens is 316 g/mol. The van der Waals surface area contributed by atoms with E-state index in [1.807, 2.05) is 36.4 Å². The van der Waals surface area contributed by atoms with Gasteiger partial charge in [0.15, 0.2) is 0 Å². The van der Waals surface area contributed by atoms with Crippen molar-refractivity contribution in [3.63, 3.8) is 0 Å². The Labute approximate surface area is 143 Å². The lowest BCUT2D eigenvalue weighted by Crippen LogP contribution is -1.97. The summed E-state index contributed by atoms with van der Waals surface area (Å²) in [6, 6.07) is 17.4. The van der Waals surface area contributed by atoms with Gasteiger partial charge in [0.2, 0.25) is 0 Å². The molecule has 116 valence electrons.